The van der Waals surface area contributed by atoms with Crippen LogP contribution >= 0.6 is 0 Å². The maximum absolute atomic E-state index is 12.8. The molecule has 0 aromatic rings. The lowest BCUT2D eigenvalue weighted by molar-refractivity contribution is 0.216. The number of nitrogens with zero attached hydrogens (tertiary/aromatic N) is 1. The van der Waals surface area contributed by atoms with Crippen molar-refractivity contribution >= 4 is 16.1 Å². The number of hydrogen-bond donors (Lipinski definition) is 2. The maximum Gasteiger partial charge on any atom is 0.315 e. The lowest BCUT2D eigenvalue weighted by Gasteiger charge is -2.37. The van der Waals surface area contributed by atoms with Gasteiger partial charge in [0, 0.05) is 19.6 Å². The molecule has 4 rings (SSSR count). The quantitative estimate of drug-likeness (QED) is 0.786. The van der Waals surface area contributed by atoms with Gasteiger partial charge < -0.3 is 10.6 Å². The van der Waals surface area contributed by atoms with Gasteiger partial charge in [0.2, 0.25) is 10.0 Å². The Morgan fingerprint density at radius 2 is 1.71 bits per heavy atom. The van der Waals surface area contributed by atoms with Gasteiger partial charge in [-0.05, 0) is 37.5 Å². The van der Waals surface area contributed by atoms with Gasteiger partial charge in [-0.15, -0.1) is 0 Å². The molecule has 7 heteroatoms. The molecule has 2 atom stereocenters. The van der Waals surface area contributed by atoms with Gasteiger partial charge in [0.15, 0.2) is 0 Å². The molecule has 4 aliphatic rings. The molecular weight excluding hydrogens is 290 g/mol. The number of amides is 2. The number of carbonyl (C=O) groups is 1. The number of rotatable bonds is 2. The minimum absolute atomic E-state index is 0.106. The molecule has 118 valence electrons. The standard InChI is InChI=1S/C14H23N3O3S/c18-13-15-9-14(16-13)5-7-17(8-6-14)21(19,20)12-10-3-1-2-4-11(10)12/h10-12H,1-9H2,(H2,15,16,18). The third-order valence-electron chi connectivity index (χ3n) is 5.93. The Kier molecular flexibility index (Phi) is 3.02. The van der Waals surface area contributed by atoms with Crippen LogP contribution in [-0.4, -0.2) is 49.2 Å². The van der Waals surface area contributed by atoms with Crippen LogP contribution in [0, 0.1) is 11.8 Å². The first-order valence-corrected chi connectivity index (χ1v) is 9.57. The summed E-state index contributed by atoms with van der Waals surface area (Å²) in [6.07, 6.45) is 5.99. The van der Waals surface area contributed by atoms with Crippen LogP contribution in [0.1, 0.15) is 38.5 Å². The van der Waals surface area contributed by atoms with Crippen molar-refractivity contribution in [1.29, 1.82) is 0 Å². The highest BCUT2D eigenvalue weighted by atomic mass is 32.2. The molecule has 0 bridgehead atoms. The van der Waals surface area contributed by atoms with Gasteiger partial charge in [-0.3, -0.25) is 0 Å². The molecular formula is C14H23N3O3S. The van der Waals surface area contributed by atoms with Gasteiger partial charge in [-0.25, -0.2) is 17.5 Å². The average Bonchev–Trinajstić information content (AvgIpc) is 3.12. The summed E-state index contributed by atoms with van der Waals surface area (Å²) in [6, 6.07) is -0.125. The first-order chi connectivity index (χ1) is 10.0. The Morgan fingerprint density at radius 1 is 1.10 bits per heavy atom. The van der Waals surface area contributed by atoms with E-state index in [9.17, 15) is 13.2 Å². The van der Waals surface area contributed by atoms with E-state index in [-0.39, 0.29) is 16.8 Å². The summed E-state index contributed by atoms with van der Waals surface area (Å²) in [4.78, 5) is 11.3. The molecule has 2 saturated heterocycles. The average molecular weight is 313 g/mol. The zero-order valence-corrected chi connectivity index (χ0v) is 13.0. The maximum atomic E-state index is 12.8. The minimum atomic E-state index is -3.13. The number of piperidine rings is 1. The van der Waals surface area contributed by atoms with Gasteiger partial charge >= 0.3 is 6.03 Å². The molecule has 21 heavy (non-hydrogen) atoms. The Morgan fingerprint density at radius 3 is 2.24 bits per heavy atom. The first kappa shape index (κ1) is 13.8. The van der Waals surface area contributed by atoms with Crippen molar-refractivity contribution in [3.63, 3.8) is 0 Å². The van der Waals surface area contributed by atoms with Crippen LogP contribution in [0.3, 0.4) is 0 Å². The SMILES string of the molecule is O=C1NCC2(CCN(S(=O)(=O)C3C4CCCCC43)CC2)N1. The second-order valence-corrected chi connectivity index (χ2v) is 9.20. The largest absolute Gasteiger partial charge is 0.336 e. The normalized spacial score (nSPS) is 38.7. The highest BCUT2D eigenvalue weighted by Gasteiger charge is 2.60. The molecule has 2 amide bonds. The van der Waals surface area contributed by atoms with E-state index in [1.165, 1.54) is 12.8 Å². The topological polar surface area (TPSA) is 78.5 Å². The summed E-state index contributed by atoms with van der Waals surface area (Å²) in [5, 5.41) is 5.65. The summed E-state index contributed by atoms with van der Waals surface area (Å²) in [5.74, 6) is 0.847. The van der Waals surface area contributed by atoms with E-state index in [0.717, 1.165) is 12.8 Å². The van der Waals surface area contributed by atoms with E-state index in [4.69, 9.17) is 0 Å². The van der Waals surface area contributed by atoms with Crippen LogP contribution in [0.15, 0.2) is 0 Å². The van der Waals surface area contributed by atoms with Crippen LogP contribution in [0.5, 0.6) is 0 Å². The lowest BCUT2D eigenvalue weighted by atomic mass is 9.90. The van der Waals surface area contributed by atoms with Crippen molar-refractivity contribution in [2.45, 2.75) is 49.3 Å². The molecule has 6 nitrogen and oxygen atoms in total. The van der Waals surface area contributed by atoms with E-state index in [1.807, 2.05) is 0 Å². The molecule has 4 fully saturated rings. The highest BCUT2D eigenvalue weighted by molar-refractivity contribution is 7.90. The van der Waals surface area contributed by atoms with Gasteiger partial charge in [-0.1, -0.05) is 12.8 Å². The van der Waals surface area contributed by atoms with Crippen LogP contribution in [0.25, 0.3) is 0 Å². The third kappa shape index (κ3) is 2.16. The summed E-state index contributed by atoms with van der Waals surface area (Å²) >= 11 is 0. The Hall–Kier alpha value is -0.820. The molecule has 1 spiro atoms. The van der Waals surface area contributed by atoms with Crippen molar-refractivity contribution in [3.05, 3.63) is 0 Å². The molecule has 0 radical (unpaired) electrons. The zero-order valence-electron chi connectivity index (χ0n) is 12.2. The van der Waals surface area contributed by atoms with Crippen molar-refractivity contribution < 1.29 is 13.2 Å². The van der Waals surface area contributed by atoms with Crippen LogP contribution in [0.2, 0.25) is 0 Å². The Labute approximate surface area is 125 Å². The van der Waals surface area contributed by atoms with Crippen LogP contribution in [0.4, 0.5) is 4.79 Å². The van der Waals surface area contributed by atoms with Crippen molar-refractivity contribution in [3.8, 4) is 0 Å². The Bertz CT molecular complexity index is 542. The molecule has 2 aliphatic carbocycles. The number of sulfonamides is 1. The number of hydrogen-bond acceptors (Lipinski definition) is 3. The van der Waals surface area contributed by atoms with E-state index >= 15 is 0 Å². The number of urea groups is 1. The van der Waals surface area contributed by atoms with Gasteiger partial charge in [0.1, 0.15) is 0 Å². The number of fused-ring (bicyclic) bond motifs is 1. The summed E-state index contributed by atoms with van der Waals surface area (Å²) in [6.45, 7) is 1.70. The molecule has 2 saturated carbocycles. The summed E-state index contributed by atoms with van der Waals surface area (Å²) in [7, 11) is -3.13. The minimum Gasteiger partial charge on any atom is -0.336 e. The number of nitrogens with one attached hydrogen (secondary N) is 2. The number of carbonyl (C=O) groups excluding carboxylic acids is 1. The van der Waals surface area contributed by atoms with Gasteiger partial charge in [0.05, 0.1) is 10.8 Å². The third-order valence-corrected chi connectivity index (χ3v) is 8.40. The highest BCUT2D eigenvalue weighted by Crippen LogP contribution is 2.54. The van der Waals surface area contributed by atoms with E-state index in [1.54, 1.807) is 4.31 Å². The molecule has 2 unspecified atom stereocenters. The first-order valence-electron chi connectivity index (χ1n) is 8.07. The summed E-state index contributed by atoms with van der Waals surface area (Å²) < 4.78 is 27.3. The molecule has 2 heterocycles. The summed E-state index contributed by atoms with van der Waals surface area (Å²) in [5.41, 5.74) is -0.223. The van der Waals surface area contributed by atoms with E-state index < -0.39 is 10.0 Å². The fraction of sp³-hybridized carbons (Fsp3) is 0.929. The fourth-order valence-corrected chi connectivity index (χ4v) is 7.09. The molecule has 0 aromatic carbocycles. The second kappa shape index (κ2) is 4.59. The van der Waals surface area contributed by atoms with E-state index in [0.29, 0.717) is 44.3 Å². The van der Waals surface area contributed by atoms with Gasteiger partial charge in [0.25, 0.3) is 0 Å². The predicted octanol–water partition coefficient (Wildman–Crippen LogP) is 0.652. The van der Waals surface area contributed by atoms with Crippen molar-refractivity contribution in [2.24, 2.45) is 11.8 Å². The monoisotopic (exact) mass is 313 g/mol. The molecule has 2 aliphatic heterocycles. The molecule has 2 N–H and O–H groups in total. The molecule has 0 aromatic heterocycles. The van der Waals surface area contributed by atoms with Crippen LogP contribution in [-0.2, 0) is 10.0 Å². The van der Waals surface area contributed by atoms with Gasteiger partial charge in [-0.2, -0.15) is 0 Å². The smallest absolute Gasteiger partial charge is 0.315 e. The predicted molar refractivity (Wildman–Crippen MR) is 78.2 cm³/mol. The second-order valence-electron chi connectivity index (χ2n) is 7.11. The fourth-order valence-electron chi connectivity index (χ4n) is 4.59. The van der Waals surface area contributed by atoms with Crippen molar-refractivity contribution in [1.82, 2.24) is 14.9 Å². The van der Waals surface area contributed by atoms with E-state index in [2.05, 4.69) is 10.6 Å². The van der Waals surface area contributed by atoms with Crippen molar-refractivity contribution in [2.75, 3.05) is 19.6 Å². The zero-order chi connectivity index (χ0) is 14.7. The van der Waals surface area contributed by atoms with Crippen LogP contribution < -0.4 is 10.6 Å². The lowest BCUT2D eigenvalue weighted by Crippen LogP contribution is -2.54. The Balaban J connectivity index is 1.43.